The van der Waals surface area contributed by atoms with Gasteiger partial charge in [-0.05, 0) is 29.7 Å². The Morgan fingerprint density at radius 3 is 3.25 bits per heavy atom. The first-order chi connectivity index (χ1) is 7.90. The molecule has 16 heavy (non-hydrogen) atoms. The van der Waals surface area contributed by atoms with E-state index in [1.807, 2.05) is 0 Å². The van der Waals surface area contributed by atoms with Crippen LogP contribution in [-0.4, -0.2) is 50.4 Å². The maximum atomic E-state index is 8.81. The second kappa shape index (κ2) is 6.17. The summed E-state index contributed by atoms with van der Waals surface area (Å²) in [5.74, 6) is 0.955. The first kappa shape index (κ1) is 11.8. The standard InChI is InChI=1S/C9H16N4O2S/c14-5-4-13-9(10-11-12-13)16-7-3-8-2-1-6-15-8/h8,14H,1-7H2. The molecule has 6 nitrogen and oxygen atoms in total. The molecule has 1 atom stereocenters. The molecule has 1 aromatic heterocycles. The molecule has 0 radical (unpaired) electrons. The lowest BCUT2D eigenvalue weighted by atomic mass is 10.2. The molecule has 1 aliphatic heterocycles. The van der Waals surface area contributed by atoms with Crippen LogP contribution in [0.25, 0.3) is 0 Å². The van der Waals surface area contributed by atoms with Crippen molar-refractivity contribution < 1.29 is 9.84 Å². The first-order valence-corrected chi connectivity index (χ1v) is 6.50. The van der Waals surface area contributed by atoms with Crippen molar-refractivity contribution in [1.82, 2.24) is 20.2 Å². The van der Waals surface area contributed by atoms with E-state index in [4.69, 9.17) is 9.84 Å². The predicted molar refractivity (Wildman–Crippen MR) is 59.2 cm³/mol. The molecule has 1 fully saturated rings. The zero-order valence-electron chi connectivity index (χ0n) is 9.08. The molecule has 0 spiro atoms. The predicted octanol–water partition coefficient (Wildman–Crippen LogP) is 0.327. The zero-order valence-corrected chi connectivity index (χ0v) is 9.90. The Kier molecular flexibility index (Phi) is 4.55. The van der Waals surface area contributed by atoms with E-state index in [0.717, 1.165) is 23.9 Å². The molecule has 0 amide bonds. The average Bonchev–Trinajstić information content (AvgIpc) is 2.91. The molecule has 2 heterocycles. The lowest BCUT2D eigenvalue weighted by Crippen LogP contribution is -2.08. The third-order valence-electron chi connectivity index (χ3n) is 2.51. The van der Waals surface area contributed by atoms with Gasteiger partial charge in [-0.2, -0.15) is 0 Å². The third kappa shape index (κ3) is 3.16. The van der Waals surface area contributed by atoms with Crippen molar-refractivity contribution in [2.75, 3.05) is 19.0 Å². The molecule has 1 unspecified atom stereocenters. The summed E-state index contributed by atoms with van der Waals surface area (Å²) in [5.41, 5.74) is 0. The van der Waals surface area contributed by atoms with E-state index in [-0.39, 0.29) is 6.61 Å². The number of tetrazole rings is 1. The average molecular weight is 244 g/mol. The van der Waals surface area contributed by atoms with Gasteiger partial charge in [-0.15, -0.1) is 5.10 Å². The van der Waals surface area contributed by atoms with Gasteiger partial charge >= 0.3 is 0 Å². The summed E-state index contributed by atoms with van der Waals surface area (Å²) in [4.78, 5) is 0. The first-order valence-electron chi connectivity index (χ1n) is 5.51. The van der Waals surface area contributed by atoms with E-state index in [2.05, 4.69) is 15.5 Å². The van der Waals surface area contributed by atoms with Crippen LogP contribution in [0.4, 0.5) is 0 Å². The van der Waals surface area contributed by atoms with Gasteiger partial charge in [0.25, 0.3) is 0 Å². The van der Waals surface area contributed by atoms with Crippen LogP contribution in [0.3, 0.4) is 0 Å². The number of aliphatic hydroxyl groups is 1. The lowest BCUT2D eigenvalue weighted by molar-refractivity contribution is 0.109. The number of rotatable bonds is 6. The van der Waals surface area contributed by atoms with Crippen molar-refractivity contribution in [3.8, 4) is 0 Å². The lowest BCUT2D eigenvalue weighted by Gasteiger charge is -2.07. The molecule has 1 aromatic rings. The van der Waals surface area contributed by atoms with E-state index in [1.54, 1.807) is 16.4 Å². The molecular weight excluding hydrogens is 228 g/mol. The molecule has 1 aliphatic rings. The van der Waals surface area contributed by atoms with E-state index < -0.39 is 0 Å². The van der Waals surface area contributed by atoms with Crippen molar-refractivity contribution in [2.24, 2.45) is 0 Å². The van der Waals surface area contributed by atoms with Gasteiger partial charge in [0.2, 0.25) is 5.16 Å². The number of aromatic nitrogens is 4. The van der Waals surface area contributed by atoms with Gasteiger partial charge in [0.1, 0.15) is 0 Å². The van der Waals surface area contributed by atoms with E-state index >= 15 is 0 Å². The van der Waals surface area contributed by atoms with E-state index in [1.165, 1.54) is 12.8 Å². The fourth-order valence-electron chi connectivity index (χ4n) is 1.69. The molecule has 0 aliphatic carbocycles. The molecular formula is C9H16N4O2S. The third-order valence-corrected chi connectivity index (χ3v) is 3.50. The number of nitrogens with zero attached hydrogens (tertiary/aromatic N) is 4. The van der Waals surface area contributed by atoms with Crippen molar-refractivity contribution in [3.05, 3.63) is 0 Å². The van der Waals surface area contributed by atoms with Gasteiger partial charge in [0.15, 0.2) is 0 Å². The fraction of sp³-hybridized carbons (Fsp3) is 0.889. The largest absolute Gasteiger partial charge is 0.394 e. The van der Waals surface area contributed by atoms with Crippen LogP contribution < -0.4 is 0 Å². The second-order valence-corrected chi connectivity index (χ2v) is 4.74. The minimum atomic E-state index is 0.0599. The highest BCUT2D eigenvalue weighted by Gasteiger charge is 2.15. The molecule has 1 saturated heterocycles. The van der Waals surface area contributed by atoms with Crippen LogP contribution in [0.5, 0.6) is 0 Å². The molecule has 7 heteroatoms. The van der Waals surface area contributed by atoms with Crippen LogP contribution in [0, 0.1) is 0 Å². The van der Waals surface area contributed by atoms with Crippen molar-refractivity contribution in [1.29, 1.82) is 0 Å². The molecule has 1 N–H and O–H groups in total. The Morgan fingerprint density at radius 1 is 1.56 bits per heavy atom. The van der Waals surface area contributed by atoms with Crippen LogP contribution in [0.15, 0.2) is 5.16 Å². The Bertz CT molecular complexity index is 314. The Balaban J connectivity index is 1.73. The summed E-state index contributed by atoms with van der Waals surface area (Å²) in [6.07, 6.45) is 3.80. The molecule has 0 bridgehead atoms. The molecule has 0 saturated carbocycles. The SMILES string of the molecule is OCCn1nnnc1SCCC1CCCO1. The highest BCUT2D eigenvalue weighted by molar-refractivity contribution is 7.99. The minimum absolute atomic E-state index is 0.0599. The van der Waals surface area contributed by atoms with E-state index in [9.17, 15) is 0 Å². The fourth-order valence-corrected chi connectivity index (χ4v) is 2.62. The number of aliphatic hydroxyl groups excluding tert-OH is 1. The van der Waals surface area contributed by atoms with Gasteiger partial charge in [0, 0.05) is 12.4 Å². The topological polar surface area (TPSA) is 73.1 Å². The number of thioether (sulfide) groups is 1. The number of hydrogen-bond acceptors (Lipinski definition) is 6. The van der Waals surface area contributed by atoms with Crippen LogP contribution >= 0.6 is 11.8 Å². The monoisotopic (exact) mass is 244 g/mol. The number of ether oxygens (including phenoxy) is 1. The van der Waals surface area contributed by atoms with Gasteiger partial charge in [-0.1, -0.05) is 11.8 Å². The van der Waals surface area contributed by atoms with Gasteiger partial charge in [-0.3, -0.25) is 0 Å². The highest BCUT2D eigenvalue weighted by atomic mass is 32.2. The summed E-state index contributed by atoms with van der Waals surface area (Å²) in [6.45, 7) is 1.41. The van der Waals surface area contributed by atoms with Crippen LogP contribution in [0.2, 0.25) is 0 Å². The second-order valence-electron chi connectivity index (χ2n) is 3.68. The molecule has 90 valence electrons. The summed E-state index contributed by atoms with van der Waals surface area (Å²) >= 11 is 1.62. The highest BCUT2D eigenvalue weighted by Crippen LogP contribution is 2.20. The Hall–Kier alpha value is -0.660. The smallest absolute Gasteiger partial charge is 0.209 e. The van der Waals surface area contributed by atoms with Gasteiger partial charge in [-0.25, -0.2) is 4.68 Å². The van der Waals surface area contributed by atoms with Gasteiger partial charge in [0.05, 0.1) is 19.3 Å². The molecule has 0 aromatic carbocycles. The Morgan fingerprint density at radius 2 is 2.50 bits per heavy atom. The van der Waals surface area contributed by atoms with Crippen molar-refractivity contribution in [3.63, 3.8) is 0 Å². The van der Waals surface area contributed by atoms with Gasteiger partial charge < -0.3 is 9.84 Å². The normalized spacial score (nSPS) is 20.4. The number of hydrogen-bond donors (Lipinski definition) is 1. The molecule has 2 rings (SSSR count). The van der Waals surface area contributed by atoms with Crippen LogP contribution in [-0.2, 0) is 11.3 Å². The summed E-state index contributed by atoms with van der Waals surface area (Å²) < 4.78 is 7.16. The Labute approximate surface area is 98.4 Å². The van der Waals surface area contributed by atoms with Crippen molar-refractivity contribution in [2.45, 2.75) is 37.1 Å². The van der Waals surface area contributed by atoms with E-state index in [0.29, 0.717) is 12.6 Å². The maximum absolute atomic E-state index is 8.81. The maximum Gasteiger partial charge on any atom is 0.209 e. The van der Waals surface area contributed by atoms with Crippen molar-refractivity contribution >= 4 is 11.8 Å². The summed E-state index contributed by atoms with van der Waals surface area (Å²) in [7, 11) is 0. The quantitative estimate of drug-likeness (QED) is 0.727. The summed E-state index contributed by atoms with van der Waals surface area (Å²) in [6, 6.07) is 0. The zero-order chi connectivity index (χ0) is 11.2. The van der Waals surface area contributed by atoms with Crippen LogP contribution in [0.1, 0.15) is 19.3 Å². The summed E-state index contributed by atoms with van der Waals surface area (Å²) in [5, 5.41) is 20.9. The minimum Gasteiger partial charge on any atom is -0.394 e.